The van der Waals surface area contributed by atoms with E-state index in [4.69, 9.17) is 4.52 Å². The van der Waals surface area contributed by atoms with Gasteiger partial charge in [0.15, 0.2) is 0 Å². The van der Waals surface area contributed by atoms with E-state index in [0.717, 1.165) is 12.1 Å². The van der Waals surface area contributed by atoms with Gasteiger partial charge in [-0.2, -0.15) is 0 Å². The van der Waals surface area contributed by atoms with Crippen LogP contribution >= 0.6 is 0 Å². The Morgan fingerprint density at radius 2 is 2.37 bits per heavy atom. The number of aryl methyl sites for hydroxylation is 1. The molecule has 0 aromatic carbocycles. The average Bonchev–Trinajstić information content (AvgIpc) is 2.94. The summed E-state index contributed by atoms with van der Waals surface area (Å²) in [6.07, 6.45) is 3.60. The van der Waals surface area contributed by atoms with Crippen LogP contribution in [0.25, 0.3) is 0 Å². The second-order valence-electron chi connectivity index (χ2n) is 3.90. The molecule has 0 saturated heterocycles. The predicted molar refractivity (Wildman–Crippen MR) is 66.7 cm³/mol. The van der Waals surface area contributed by atoms with Gasteiger partial charge < -0.3 is 9.84 Å². The topological polar surface area (TPSA) is 90.0 Å². The van der Waals surface area contributed by atoms with Gasteiger partial charge in [0.25, 0.3) is 11.5 Å². The van der Waals surface area contributed by atoms with Gasteiger partial charge in [-0.3, -0.25) is 14.2 Å². The number of nitrogens with zero attached hydrogens (tertiary/aromatic N) is 3. The largest absolute Gasteiger partial charge is 0.351 e. The van der Waals surface area contributed by atoms with Gasteiger partial charge >= 0.3 is 0 Å². The highest BCUT2D eigenvalue weighted by atomic mass is 16.5. The van der Waals surface area contributed by atoms with Crippen molar-refractivity contribution in [3.05, 3.63) is 46.5 Å². The first-order valence-electron chi connectivity index (χ1n) is 5.95. The minimum Gasteiger partial charge on any atom is -0.351 e. The van der Waals surface area contributed by atoms with Crippen LogP contribution in [0.15, 0.2) is 34.0 Å². The highest BCUT2D eigenvalue weighted by Gasteiger charge is 2.08. The Bertz CT molecular complexity index is 604. The Morgan fingerprint density at radius 3 is 3.00 bits per heavy atom. The van der Waals surface area contributed by atoms with Gasteiger partial charge in [-0.05, 0) is 6.42 Å². The molecule has 0 atom stereocenters. The second-order valence-corrected chi connectivity index (χ2v) is 3.90. The van der Waals surface area contributed by atoms with Crippen molar-refractivity contribution in [2.45, 2.75) is 19.9 Å². The maximum atomic E-state index is 11.7. The van der Waals surface area contributed by atoms with Crippen LogP contribution in [0.2, 0.25) is 0 Å². The van der Waals surface area contributed by atoms with E-state index in [1.807, 2.05) is 6.92 Å². The van der Waals surface area contributed by atoms with E-state index >= 15 is 0 Å². The Kier molecular flexibility index (Phi) is 4.07. The lowest BCUT2D eigenvalue weighted by molar-refractivity contribution is 0.0915. The molecule has 19 heavy (non-hydrogen) atoms. The number of amides is 1. The summed E-state index contributed by atoms with van der Waals surface area (Å²) in [6.45, 7) is 2.60. The van der Waals surface area contributed by atoms with Crippen molar-refractivity contribution in [3.8, 4) is 0 Å². The second kappa shape index (κ2) is 5.94. The molecule has 0 saturated carbocycles. The molecule has 0 aliphatic carbocycles. The summed E-state index contributed by atoms with van der Waals surface area (Å²) in [6, 6.07) is 2.97. The first-order valence-corrected chi connectivity index (χ1v) is 5.95. The summed E-state index contributed by atoms with van der Waals surface area (Å²) >= 11 is 0. The van der Waals surface area contributed by atoms with Gasteiger partial charge in [-0.15, -0.1) is 0 Å². The van der Waals surface area contributed by atoms with E-state index in [-0.39, 0.29) is 17.2 Å². The molecule has 100 valence electrons. The number of hydrogen-bond acceptors (Lipinski definition) is 5. The fourth-order valence-electron chi connectivity index (χ4n) is 1.53. The van der Waals surface area contributed by atoms with Gasteiger partial charge in [0.2, 0.25) is 5.76 Å². The van der Waals surface area contributed by atoms with Crippen molar-refractivity contribution >= 4 is 5.91 Å². The molecule has 0 unspecified atom stereocenters. The molecular formula is C12H14N4O3. The predicted octanol–water partition coefficient (Wildman–Crippen LogP) is 0.224. The molecule has 0 aliphatic heterocycles. The lowest BCUT2D eigenvalue weighted by Gasteiger charge is -2.06. The molecule has 2 heterocycles. The smallest absolute Gasteiger partial charge is 0.289 e. The minimum atomic E-state index is -0.358. The molecular weight excluding hydrogens is 248 g/mol. The Morgan fingerprint density at radius 1 is 1.53 bits per heavy atom. The van der Waals surface area contributed by atoms with Crippen molar-refractivity contribution in [2.75, 3.05) is 6.54 Å². The number of carbonyl (C=O) groups is 1. The van der Waals surface area contributed by atoms with Gasteiger partial charge in [0.1, 0.15) is 0 Å². The zero-order valence-corrected chi connectivity index (χ0v) is 10.5. The Labute approximate surface area is 109 Å². The van der Waals surface area contributed by atoms with Crippen LogP contribution in [-0.2, 0) is 13.0 Å². The summed E-state index contributed by atoms with van der Waals surface area (Å²) in [5.74, 6) is -0.213. The third-order valence-corrected chi connectivity index (χ3v) is 2.60. The fourth-order valence-corrected chi connectivity index (χ4v) is 1.53. The molecule has 0 spiro atoms. The SMILES string of the molecule is CCc1cc(=O)n(CCNC(=O)c2ccno2)cn1. The molecule has 2 rings (SSSR count). The third kappa shape index (κ3) is 3.27. The number of hydrogen-bond donors (Lipinski definition) is 1. The molecule has 2 aromatic rings. The van der Waals surface area contributed by atoms with Gasteiger partial charge in [-0.1, -0.05) is 12.1 Å². The van der Waals surface area contributed by atoms with Crippen LogP contribution in [0.4, 0.5) is 0 Å². The standard InChI is InChI=1S/C12H14N4O3/c1-2-9-7-11(17)16(8-14-9)6-5-13-12(18)10-3-4-15-19-10/h3-4,7-8H,2,5-6H2,1H3,(H,13,18). The van der Waals surface area contributed by atoms with E-state index in [2.05, 4.69) is 15.5 Å². The average molecular weight is 262 g/mol. The normalized spacial score (nSPS) is 10.4. The van der Waals surface area contributed by atoms with E-state index in [9.17, 15) is 9.59 Å². The lowest BCUT2D eigenvalue weighted by atomic mass is 10.3. The van der Waals surface area contributed by atoms with E-state index < -0.39 is 0 Å². The van der Waals surface area contributed by atoms with Crippen molar-refractivity contribution < 1.29 is 9.32 Å². The van der Waals surface area contributed by atoms with Crippen LogP contribution in [0.3, 0.4) is 0 Å². The molecule has 2 aromatic heterocycles. The highest BCUT2D eigenvalue weighted by molar-refractivity contribution is 5.91. The Balaban J connectivity index is 1.89. The van der Waals surface area contributed by atoms with Crippen LogP contribution in [-0.4, -0.2) is 27.2 Å². The molecule has 0 radical (unpaired) electrons. The zero-order chi connectivity index (χ0) is 13.7. The maximum absolute atomic E-state index is 11.7. The Hall–Kier alpha value is -2.44. The summed E-state index contributed by atoms with van der Waals surface area (Å²) in [5, 5.41) is 6.07. The van der Waals surface area contributed by atoms with Gasteiger partial charge in [0.05, 0.1) is 12.5 Å². The number of nitrogens with one attached hydrogen (secondary N) is 1. The van der Waals surface area contributed by atoms with E-state index in [0.29, 0.717) is 13.1 Å². The van der Waals surface area contributed by atoms with Crippen LogP contribution in [0.5, 0.6) is 0 Å². The lowest BCUT2D eigenvalue weighted by Crippen LogP contribution is -2.30. The molecule has 1 amide bonds. The molecule has 0 aliphatic rings. The zero-order valence-electron chi connectivity index (χ0n) is 10.5. The quantitative estimate of drug-likeness (QED) is 0.832. The van der Waals surface area contributed by atoms with Crippen molar-refractivity contribution in [2.24, 2.45) is 0 Å². The van der Waals surface area contributed by atoms with Gasteiger partial charge in [0, 0.05) is 30.9 Å². The minimum absolute atomic E-state index is 0.124. The highest BCUT2D eigenvalue weighted by Crippen LogP contribution is 1.95. The number of aromatic nitrogens is 3. The van der Waals surface area contributed by atoms with Crippen LogP contribution < -0.4 is 10.9 Å². The van der Waals surface area contributed by atoms with Crippen LogP contribution in [0, 0.1) is 0 Å². The molecule has 7 heteroatoms. The summed E-state index contributed by atoms with van der Waals surface area (Å²) in [5.41, 5.74) is 0.632. The van der Waals surface area contributed by atoms with Gasteiger partial charge in [-0.25, -0.2) is 4.98 Å². The summed E-state index contributed by atoms with van der Waals surface area (Å²) < 4.78 is 6.15. The van der Waals surface area contributed by atoms with E-state index in [1.54, 1.807) is 0 Å². The monoisotopic (exact) mass is 262 g/mol. The first kappa shape index (κ1) is 13.0. The number of rotatable bonds is 5. The van der Waals surface area contributed by atoms with E-state index in [1.165, 1.54) is 29.2 Å². The van der Waals surface area contributed by atoms with Crippen molar-refractivity contribution in [1.82, 2.24) is 20.0 Å². The first-order chi connectivity index (χ1) is 9.20. The molecule has 0 fully saturated rings. The fraction of sp³-hybridized carbons (Fsp3) is 0.333. The maximum Gasteiger partial charge on any atom is 0.289 e. The van der Waals surface area contributed by atoms with Crippen molar-refractivity contribution in [3.63, 3.8) is 0 Å². The summed E-state index contributed by atoms with van der Waals surface area (Å²) in [4.78, 5) is 27.3. The van der Waals surface area contributed by atoms with Crippen molar-refractivity contribution in [1.29, 1.82) is 0 Å². The molecule has 0 bridgehead atoms. The molecule has 1 N–H and O–H groups in total. The number of carbonyl (C=O) groups excluding carboxylic acids is 1. The van der Waals surface area contributed by atoms with Crippen LogP contribution in [0.1, 0.15) is 23.2 Å². The molecule has 7 nitrogen and oxygen atoms in total. The third-order valence-electron chi connectivity index (χ3n) is 2.60. The summed E-state index contributed by atoms with van der Waals surface area (Å²) in [7, 11) is 0.